The van der Waals surface area contributed by atoms with Crippen LogP contribution in [0.4, 0.5) is 5.69 Å². The molecule has 8 rings (SSSR count). The second-order valence-electron chi connectivity index (χ2n) is 12.5. The first kappa shape index (κ1) is 31.1. The van der Waals surface area contributed by atoms with E-state index >= 15 is 0 Å². The summed E-state index contributed by atoms with van der Waals surface area (Å²) >= 11 is 17.8. The van der Waals surface area contributed by atoms with Crippen LogP contribution in [0.5, 0.6) is 11.5 Å². The minimum atomic E-state index is -1.97. The molecule has 4 aliphatic rings. The van der Waals surface area contributed by atoms with Crippen molar-refractivity contribution < 1.29 is 33.4 Å². The van der Waals surface area contributed by atoms with Gasteiger partial charge >= 0.3 is 0 Å². The van der Waals surface area contributed by atoms with Gasteiger partial charge < -0.3 is 14.3 Å². The molecule has 3 aromatic carbocycles. The van der Waals surface area contributed by atoms with Gasteiger partial charge in [0.15, 0.2) is 26.8 Å². The smallest absolute Gasteiger partial charge is 0.254 e. The zero-order chi connectivity index (χ0) is 33.7. The Bertz CT molecular complexity index is 2070. The van der Waals surface area contributed by atoms with Crippen LogP contribution in [-0.2, 0) is 19.2 Å². The van der Waals surface area contributed by atoms with Gasteiger partial charge in [0.05, 0.1) is 30.1 Å². The first-order chi connectivity index (χ1) is 23.0. The maximum atomic E-state index is 14.3. The summed E-state index contributed by atoms with van der Waals surface area (Å²) in [6.45, 7) is 0. The lowest BCUT2D eigenvalue weighted by atomic mass is 9.56. The summed E-state index contributed by atoms with van der Waals surface area (Å²) in [6, 6.07) is 18.9. The summed E-state index contributed by atoms with van der Waals surface area (Å²) in [5.74, 6) is -5.01. The zero-order valence-corrected chi connectivity index (χ0v) is 28.3. The Morgan fingerprint density at radius 2 is 1.75 bits per heavy atom. The van der Waals surface area contributed by atoms with Crippen LogP contribution in [-0.4, -0.2) is 60.9 Å². The number of alkyl halides is 3. The summed E-state index contributed by atoms with van der Waals surface area (Å²) in [5.41, 5.74) is 3.33. The van der Waals surface area contributed by atoms with E-state index in [4.69, 9.17) is 32.4 Å². The summed E-state index contributed by atoms with van der Waals surface area (Å²) in [4.78, 5) is 58.9. The van der Waals surface area contributed by atoms with Gasteiger partial charge in [0, 0.05) is 11.5 Å². The minimum absolute atomic E-state index is 0.130. The van der Waals surface area contributed by atoms with E-state index in [1.807, 2.05) is 30.3 Å². The second-order valence-corrected chi connectivity index (χ2v) is 14.2. The molecule has 3 fully saturated rings. The predicted octanol–water partition coefficient (Wildman–Crippen LogP) is 6.12. The topological polar surface area (TPSA) is 130 Å². The number of carbonyl (C=O) groups is 4. The van der Waals surface area contributed by atoms with Crippen molar-refractivity contribution in [3.05, 3.63) is 83.9 Å². The molecule has 6 atom stereocenters. The highest BCUT2D eigenvalue weighted by molar-refractivity contribution is 9.09. The number of nitrogens with zero attached hydrogens (tertiary/aromatic N) is 3. The van der Waals surface area contributed by atoms with Crippen molar-refractivity contribution in [3.63, 3.8) is 0 Å². The fourth-order valence-electron chi connectivity index (χ4n) is 8.02. The number of fused-ring (bicyclic) bond motifs is 5. The number of para-hydroxylation sites is 2. The standard InChI is InChI=1S/C35H26BrCl2N3O7/c1-47-26-13-8-18(14-24(26)42)28-20-11-12-21-27(22(20)15-34(37)32(45)40(16-36)33(46)35(28,34)38)31(44)41(30(21)43)19-9-6-17(7-10-19)29-39-23-4-2-3-5-25(23)48-29/h2-11,13-14,21-22,27-28,42H,12,15-16H2,1H3/t21-,22+,27-,28-,34+,35-/m0/s1. The second kappa shape index (κ2) is 10.9. The molecule has 0 spiro atoms. The highest BCUT2D eigenvalue weighted by Gasteiger charge is 2.76. The molecule has 4 aromatic rings. The van der Waals surface area contributed by atoms with E-state index in [0.29, 0.717) is 39.4 Å². The van der Waals surface area contributed by atoms with Crippen molar-refractivity contribution in [2.45, 2.75) is 28.5 Å². The number of ether oxygens (including phenoxy) is 1. The number of amides is 4. The number of aromatic nitrogens is 1. The van der Waals surface area contributed by atoms with Crippen molar-refractivity contribution in [1.82, 2.24) is 9.88 Å². The van der Waals surface area contributed by atoms with Crippen molar-refractivity contribution in [3.8, 4) is 23.0 Å². The fourth-order valence-corrected chi connectivity index (χ4v) is 9.44. The average Bonchev–Trinajstić information content (AvgIpc) is 3.67. The third-order valence-corrected chi connectivity index (χ3v) is 12.1. The van der Waals surface area contributed by atoms with E-state index in [-0.39, 0.29) is 35.7 Å². The van der Waals surface area contributed by atoms with Crippen LogP contribution in [0.25, 0.3) is 22.6 Å². The molecule has 1 saturated carbocycles. The Morgan fingerprint density at radius 3 is 2.44 bits per heavy atom. The number of allylic oxidation sites excluding steroid dienone is 2. The zero-order valence-electron chi connectivity index (χ0n) is 25.2. The number of imide groups is 2. The Labute approximate surface area is 292 Å². The van der Waals surface area contributed by atoms with Crippen LogP contribution in [0.2, 0.25) is 0 Å². The van der Waals surface area contributed by atoms with Gasteiger partial charge in [-0.3, -0.25) is 29.0 Å². The number of phenols is 1. The number of methoxy groups -OCH3 is 1. The number of carbonyl (C=O) groups excluding carboxylic acids is 4. The van der Waals surface area contributed by atoms with Gasteiger partial charge in [0.25, 0.3) is 11.8 Å². The summed E-state index contributed by atoms with van der Waals surface area (Å²) < 4.78 is 11.1. The number of benzene rings is 3. The van der Waals surface area contributed by atoms with Crippen LogP contribution in [0.1, 0.15) is 24.3 Å². The maximum Gasteiger partial charge on any atom is 0.254 e. The number of likely N-dealkylation sites (tertiary alicyclic amines) is 1. The Hall–Kier alpha value is -4.19. The molecule has 0 bridgehead atoms. The Balaban J connectivity index is 1.19. The number of hydrogen-bond acceptors (Lipinski definition) is 8. The van der Waals surface area contributed by atoms with E-state index < -0.39 is 51.1 Å². The van der Waals surface area contributed by atoms with Crippen LogP contribution < -0.4 is 9.64 Å². The largest absolute Gasteiger partial charge is 0.504 e. The van der Waals surface area contributed by atoms with Crippen molar-refractivity contribution in [1.29, 1.82) is 0 Å². The number of aromatic hydroxyl groups is 1. The van der Waals surface area contributed by atoms with E-state index in [1.165, 1.54) is 24.1 Å². The number of hydrogen-bond donors (Lipinski definition) is 1. The molecule has 2 aliphatic carbocycles. The van der Waals surface area contributed by atoms with Gasteiger partial charge in [-0.2, -0.15) is 0 Å². The first-order valence-electron chi connectivity index (χ1n) is 15.2. The van der Waals surface area contributed by atoms with Crippen LogP contribution in [0, 0.1) is 17.8 Å². The quantitative estimate of drug-likeness (QED) is 0.112. The minimum Gasteiger partial charge on any atom is -0.504 e. The van der Waals surface area contributed by atoms with E-state index in [0.717, 1.165) is 4.90 Å². The predicted molar refractivity (Wildman–Crippen MR) is 180 cm³/mol. The van der Waals surface area contributed by atoms with Crippen LogP contribution in [0.3, 0.4) is 0 Å². The molecule has 2 aliphatic heterocycles. The molecule has 0 radical (unpaired) electrons. The van der Waals surface area contributed by atoms with Crippen LogP contribution >= 0.6 is 39.1 Å². The lowest BCUT2D eigenvalue weighted by molar-refractivity contribution is -0.138. The fraction of sp³-hybridized carbons (Fsp3) is 0.286. The average molecular weight is 751 g/mol. The van der Waals surface area contributed by atoms with Crippen molar-refractivity contribution in [2.24, 2.45) is 17.8 Å². The molecule has 4 amide bonds. The molecular formula is C35H26BrCl2N3O7. The molecular weight excluding hydrogens is 725 g/mol. The molecule has 13 heteroatoms. The number of halogens is 3. The maximum absolute atomic E-state index is 14.3. The first-order valence-corrected chi connectivity index (χ1v) is 17.1. The van der Waals surface area contributed by atoms with Gasteiger partial charge in [-0.15, -0.1) is 23.2 Å². The van der Waals surface area contributed by atoms with Gasteiger partial charge in [0.1, 0.15) is 5.52 Å². The lowest BCUT2D eigenvalue weighted by Crippen LogP contribution is -2.60. The number of oxazole rings is 1. The molecule has 0 unspecified atom stereocenters. The molecule has 3 heterocycles. The van der Waals surface area contributed by atoms with Gasteiger partial charge in [-0.05, 0) is 72.9 Å². The number of anilines is 1. The summed E-state index contributed by atoms with van der Waals surface area (Å²) in [6.07, 6.45) is 1.92. The molecule has 1 aromatic heterocycles. The van der Waals surface area contributed by atoms with Gasteiger partial charge in [0.2, 0.25) is 17.7 Å². The third kappa shape index (κ3) is 4.07. The summed E-state index contributed by atoms with van der Waals surface area (Å²) in [7, 11) is 1.41. The normalized spacial score (nSPS) is 29.6. The van der Waals surface area contributed by atoms with Crippen molar-refractivity contribution in [2.75, 3.05) is 17.5 Å². The monoisotopic (exact) mass is 749 g/mol. The molecule has 2 saturated heterocycles. The molecule has 1 N–H and O–H groups in total. The van der Waals surface area contributed by atoms with E-state index in [9.17, 15) is 24.3 Å². The Morgan fingerprint density at radius 1 is 1.00 bits per heavy atom. The third-order valence-electron chi connectivity index (χ3n) is 10.2. The SMILES string of the molecule is COc1ccc([C@H]2C3=CC[C@@H]4C(=O)N(c5ccc(-c6nc7ccccc7o6)cc5)C(=O)[C@@H]4[C@@H]3C[C@@]3(Cl)C(=O)N(CBr)C(=O)[C@@]23Cl)cc1O. The molecule has 48 heavy (non-hydrogen) atoms. The number of rotatable bonds is 5. The molecule has 10 nitrogen and oxygen atoms in total. The van der Waals surface area contributed by atoms with Gasteiger partial charge in [-0.1, -0.05) is 45.8 Å². The van der Waals surface area contributed by atoms with Gasteiger partial charge in [-0.25, -0.2) is 4.98 Å². The highest BCUT2D eigenvalue weighted by Crippen LogP contribution is 2.65. The highest BCUT2D eigenvalue weighted by atomic mass is 79.9. The van der Waals surface area contributed by atoms with E-state index in [2.05, 4.69) is 20.9 Å². The van der Waals surface area contributed by atoms with Crippen LogP contribution in [0.15, 0.2) is 82.8 Å². The molecule has 244 valence electrons. The van der Waals surface area contributed by atoms with Crippen molar-refractivity contribution >= 4 is 79.5 Å². The Kier molecular flexibility index (Phi) is 7.07. The van der Waals surface area contributed by atoms with E-state index in [1.54, 1.807) is 30.3 Å². The summed E-state index contributed by atoms with van der Waals surface area (Å²) in [5, 5.41) is 10.7. The number of phenolic OH excluding ortho intramolecular Hbond substituents is 1. The lowest BCUT2D eigenvalue weighted by Gasteiger charge is -2.50.